The van der Waals surface area contributed by atoms with E-state index in [4.69, 9.17) is 0 Å². The number of hydrogen-bond acceptors (Lipinski definition) is 2. The second kappa shape index (κ2) is 3.06. The lowest BCUT2D eigenvalue weighted by molar-refractivity contribution is 0.179. The van der Waals surface area contributed by atoms with Gasteiger partial charge in [-0.15, -0.1) is 4.39 Å². The van der Waals surface area contributed by atoms with Gasteiger partial charge in [0, 0.05) is 24.6 Å². The molecule has 0 aromatic rings. The van der Waals surface area contributed by atoms with Gasteiger partial charge in [-0.3, -0.25) is 0 Å². The first kappa shape index (κ1) is 6.86. The molecule has 0 spiro atoms. The van der Waals surface area contributed by atoms with Gasteiger partial charge in [0.15, 0.2) is 0 Å². The van der Waals surface area contributed by atoms with E-state index in [9.17, 15) is 9.18 Å². The van der Waals surface area contributed by atoms with Crippen LogP contribution in [-0.2, 0) is 0 Å². The molecular formula is C5H8FNOS. The van der Waals surface area contributed by atoms with E-state index >= 15 is 0 Å². The normalized spacial score (nSPS) is 19.9. The molecule has 0 bridgehead atoms. The third-order valence-corrected chi connectivity index (χ3v) is 2.20. The predicted octanol–water partition coefficient (Wildman–Crippen LogP) is 1.12. The molecule has 0 saturated carbocycles. The maximum absolute atomic E-state index is 11.9. The second-order valence-electron chi connectivity index (χ2n) is 1.85. The fourth-order valence-electron chi connectivity index (χ4n) is 0.739. The van der Waals surface area contributed by atoms with Crippen molar-refractivity contribution < 1.29 is 9.18 Å². The lowest BCUT2D eigenvalue weighted by Gasteiger charge is -2.22. The van der Waals surface area contributed by atoms with Crippen LogP contribution in [0.4, 0.5) is 9.18 Å². The van der Waals surface area contributed by atoms with Crippen LogP contribution >= 0.6 is 11.8 Å². The van der Waals surface area contributed by atoms with Crippen LogP contribution < -0.4 is 0 Å². The van der Waals surface area contributed by atoms with Gasteiger partial charge < -0.3 is 4.90 Å². The topological polar surface area (TPSA) is 20.3 Å². The van der Waals surface area contributed by atoms with E-state index in [1.54, 1.807) is 11.8 Å². The minimum absolute atomic E-state index is 0.569. The van der Waals surface area contributed by atoms with E-state index in [0.717, 1.165) is 11.5 Å². The van der Waals surface area contributed by atoms with Crippen LogP contribution in [0.1, 0.15) is 0 Å². The molecule has 0 aliphatic carbocycles. The molecule has 1 aliphatic rings. The Morgan fingerprint density at radius 2 is 2.00 bits per heavy atom. The first-order valence-corrected chi connectivity index (χ1v) is 3.98. The predicted molar refractivity (Wildman–Crippen MR) is 35.4 cm³/mol. The molecule has 0 aromatic heterocycles. The van der Waals surface area contributed by atoms with Gasteiger partial charge in [0.1, 0.15) is 0 Å². The number of thioether (sulfide) groups is 1. The summed E-state index contributed by atoms with van der Waals surface area (Å²) in [7, 11) is 0. The number of carbonyl (C=O) groups is 1. The van der Waals surface area contributed by atoms with Gasteiger partial charge in [-0.1, -0.05) is 0 Å². The molecular weight excluding hydrogens is 141 g/mol. The van der Waals surface area contributed by atoms with Crippen molar-refractivity contribution in [2.75, 3.05) is 24.6 Å². The number of nitrogens with zero attached hydrogens (tertiary/aromatic N) is 1. The van der Waals surface area contributed by atoms with E-state index in [2.05, 4.69) is 0 Å². The summed E-state index contributed by atoms with van der Waals surface area (Å²) >= 11 is 1.76. The van der Waals surface area contributed by atoms with Crippen LogP contribution in [0.5, 0.6) is 0 Å². The second-order valence-corrected chi connectivity index (χ2v) is 3.08. The van der Waals surface area contributed by atoms with E-state index < -0.39 is 6.16 Å². The average Bonchev–Trinajstić information content (AvgIpc) is 1.90. The highest BCUT2D eigenvalue weighted by Gasteiger charge is 2.14. The molecule has 0 unspecified atom stereocenters. The molecule has 1 amide bonds. The number of hydrogen-bond donors (Lipinski definition) is 0. The SMILES string of the molecule is O=C(F)N1CCSCC1. The first-order chi connectivity index (χ1) is 4.30. The molecule has 0 radical (unpaired) electrons. The Morgan fingerprint density at radius 3 is 2.33 bits per heavy atom. The quantitative estimate of drug-likeness (QED) is 0.380. The highest BCUT2D eigenvalue weighted by molar-refractivity contribution is 7.99. The Kier molecular flexibility index (Phi) is 2.33. The van der Waals surface area contributed by atoms with Crippen molar-refractivity contribution >= 4 is 17.9 Å². The molecule has 0 atom stereocenters. The zero-order valence-corrected chi connectivity index (χ0v) is 5.79. The zero-order valence-electron chi connectivity index (χ0n) is 4.97. The summed E-state index contributed by atoms with van der Waals surface area (Å²) in [6.07, 6.45) is -1.28. The summed E-state index contributed by atoms with van der Waals surface area (Å²) in [5.74, 6) is 1.74. The maximum atomic E-state index is 11.9. The Hall–Kier alpha value is -0.250. The van der Waals surface area contributed by atoms with Crippen molar-refractivity contribution in [3.05, 3.63) is 0 Å². The fourth-order valence-corrected chi connectivity index (χ4v) is 1.64. The van der Waals surface area contributed by atoms with Crippen LogP contribution in [0.2, 0.25) is 0 Å². The Labute approximate surface area is 57.4 Å². The van der Waals surface area contributed by atoms with Crippen LogP contribution in [0.3, 0.4) is 0 Å². The smallest absolute Gasteiger partial charge is 0.313 e. The molecule has 1 rings (SSSR count). The number of amides is 1. The highest BCUT2D eigenvalue weighted by Crippen LogP contribution is 2.09. The Bertz CT molecular complexity index is 114. The van der Waals surface area contributed by atoms with Crippen LogP contribution in [0, 0.1) is 0 Å². The molecule has 1 saturated heterocycles. The molecule has 0 N–H and O–H groups in total. The van der Waals surface area contributed by atoms with Crippen molar-refractivity contribution in [1.29, 1.82) is 0 Å². The molecule has 52 valence electrons. The number of rotatable bonds is 0. The highest BCUT2D eigenvalue weighted by atomic mass is 32.2. The molecule has 1 heterocycles. The maximum Gasteiger partial charge on any atom is 0.400 e. The largest absolute Gasteiger partial charge is 0.400 e. The summed E-state index contributed by atoms with van der Waals surface area (Å²) in [5, 5.41) is 0. The molecule has 2 nitrogen and oxygen atoms in total. The lowest BCUT2D eigenvalue weighted by Crippen LogP contribution is -2.34. The van der Waals surface area contributed by atoms with E-state index in [0.29, 0.717) is 13.1 Å². The third kappa shape index (κ3) is 1.86. The van der Waals surface area contributed by atoms with Crippen molar-refractivity contribution in [1.82, 2.24) is 4.90 Å². The summed E-state index contributed by atoms with van der Waals surface area (Å²) in [4.78, 5) is 11.3. The van der Waals surface area contributed by atoms with Gasteiger partial charge in [-0.25, -0.2) is 4.79 Å². The molecule has 1 aliphatic heterocycles. The molecule has 1 fully saturated rings. The van der Waals surface area contributed by atoms with E-state index in [1.165, 1.54) is 4.90 Å². The standard InChI is InChI=1S/C5H8FNOS/c6-5(8)7-1-3-9-4-2-7/h1-4H2. The molecule has 0 aromatic carbocycles. The minimum Gasteiger partial charge on any atom is -0.313 e. The lowest BCUT2D eigenvalue weighted by atomic mass is 10.5. The zero-order chi connectivity index (χ0) is 6.69. The number of halogens is 1. The van der Waals surface area contributed by atoms with Gasteiger partial charge in [0.2, 0.25) is 0 Å². The first-order valence-electron chi connectivity index (χ1n) is 2.83. The van der Waals surface area contributed by atoms with Crippen molar-refractivity contribution in [3.63, 3.8) is 0 Å². The van der Waals surface area contributed by atoms with Gasteiger partial charge in [-0.2, -0.15) is 11.8 Å². The van der Waals surface area contributed by atoms with Crippen molar-refractivity contribution in [2.45, 2.75) is 0 Å². The molecule has 4 heteroatoms. The Balaban J connectivity index is 2.31. The van der Waals surface area contributed by atoms with Crippen molar-refractivity contribution in [3.8, 4) is 0 Å². The van der Waals surface area contributed by atoms with Gasteiger partial charge in [0.05, 0.1) is 0 Å². The van der Waals surface area contributed by atoms with Gasteiger partial charge in [-0.05, 0) is 0 Å². The van der Waals surface area contributed by atoms with Gasteiger partial charge >= 0.3 is 6.16 Å². The van der Waals surface area contributed by atoms with E-state index in [1.807, 2.05) is 0 Å². The summed E-state index contributed by atoms with van der Waals surface area (Å²) in [5.41, 5.74) is 0. The van der Waals surface area contributed by atoms with Crippen LogP contribution in [0.15, 0.2) is 0 Å². The summed E-state index contributed by atoms with van der Waals surface area (Å²) < 4.78 is 11.9. The third-order valence-electron chi connectivity index (χ3n) is 1.26. The van der Waals surface area contributed by atoms with Crippen LogP contribution in [0.25, 0.3) is 0 Å². The van der Waals surface area contributed by atoms with E-state index in [-0.39, 0.29) is 0 Å². The minimum atomic E-state index is -1.28. The molecule has 9 heavy (non-hydrogen) atoms. The Morgan fingerprint density at radius 1 is 1.44 bits per heavy atom. The number of carbonyl (C=O) groups excluding carboxylic acids is 1. The monoisotopic (exact) mass is 149 g/mol. The van der Waals surface area contributed by atoms with Gasteiger partial charge in [0.25, 0.3) is 0 Å². The average molecular weight is 149 g/mol. The summed E-state index contributed by atoms with van der Waals surface area (Å²) in [6.45, 7) is 1.14. The van der Waals surface area contributed by atoms with Crippen LogP contribution in [-0.4, -0.2) is 35.7 Å². The fraction of sp³-hybridized carbons (Fsp3) is 0.800. The van der Waals surface area contributed by atoms with Crippen molar-refractivity contribution in [2.24, 2.45) is 0 Å². The summed E-state index contributed by atoms with van der Waals surface area (Å²) in [6, 6.07) is 0.